The number of nitrogens with zero attached hydrogens (tertiary/aromatic N) is 4. The fourth-order valence-electron chi connectivity index (χ4n) is 4.01. The van der Waals surface area contributed by atoms with Gasteiger partial charge in [-0.25, -0.2) is 0 Å². The number of aromatic nitrogens is 2. The molecule has 3 aliphatic rings. The van der Waals surface area contributed by atoms with Crippen molar-refractivity contribution >= 4 is 5.90 Å². The van der Waals surface area contributed by atoms with E-state index in [4.69, 9.17) is 9.57 Å². The van der Waals surface area contributed by atoms with Crippen LogP contribution in [0, 0.1) is 0 Å². The van der Waals surface area contributed by atoms with Gasteiger partial charge in [0, 0.05) is 18.9 Å². The monoisotopic (exact) mass is 333 g/mol. The Kier molecular flexibility index (Phi) is 4.71. The molecule has 2 saturated heterocycles. The zero-order valence-electron chi connectivity index (χ0n) is 14.2. The molecule has 0 saturated carbocycles. The lowest BCUT2D eigenvalue weighted by Gasteiger charge is -2.40. The van der Waals surface area contributed by atoms with E-state index in [0.717, 1.165) is 32.5 Å². The fraction of sp³-hybridized carbons (Fsp3) is 0.765. The standard InChI is InChI=1S/C17H27N5O2/c1-2-10-21(11-3-1)13-15-14-23-20-16(24-15)17(5-8-18-9-6-17)22-12-4-7-19-22/h4,7,12,15,18H,1-3,5-6,8-11,13-14H2. The van der Waals surface area contributed by atoms with Crippen molar-refractivity contribution in [2.45, 2.75) is 43.7 Å². The lowest BCUT2D eigenvalue weighted by atomic mass is 9.88. The van der Waals surface area contributed by atoms with Crippen molar-refractivity contribution in [1.29, 1.82) is 0 Å². The van der Waals surface area contributed by atoms with Crippen LogP contribution in [0.5, 0.6) is 0 Å². The molecule has 2 fully saturated rings. The second-order valence-corrected chi connectivity index (χ2v) is 7.03. The van der Waals surface area contributed by atoms with Gasteiger partial charge in [0.15, 0.2) is 6.61 Å². The largest absolute Gasteiger partial charge is 0.468 e. The van der Waals surface area contributed by atoms with Crippen LogP contribution in [0.4, 0.5) is 0 Å². The first-order valence-corrected chi connectivity index (χ1v) is 9.17. The SMILES string of the molecule is c1cnn(C2(C3=NOCC(CN4CCCCC4)O3)CCNCC2)c1. The van der Waals surface area contributed by atoms with Gasteiger partial charge in [0.1, 0.15) is 11.6 Å². The van der Waals surface area contributed by atoms with Crippen molar-refractivity contribution in [2.75, 3.05) is 39.3 Å². The van der Waals surface area contributed by atoms with Crippen molar-refractivity contribution in [3.8, 4) is 0 Å². The Bertz CT molecular complexity index is 547. The molecular weight excluding hydrogens is 306 g/mol. The highest BCUT2D eigenvalue weighted by Gasteiger charge is 2.44. The number of hydrogen-bond donors (Lipinski definition) is 1. The molecule has 132 valence electrons. The summed E-state index contributed by atoms with van der Waals surface area (Å²) >= 11 is 0. The lowest BCUT2D eigenvalue weighted by Crippen LogP contribution is -2.54. The third-order valence-corrected chi connectivity index (χ3v) is 5.37. The summed E-state index contributed by atoms with van der Waals surface area (Å²) in [5.74, 6) is 0.695. The lowest BCUT2D eigenvalue weighted by molar-refractivity contribution is -0.0239. The quantitative estimate of drug-likeness (QED) is 0.896. The maximum Gasteiger partial charge on any atom is 0.254 e. The van der Waals surface area contributed by atoms with Crippen molar-refractivity contribution in [3.63, 3.8) is 0 Å². The highest BCUT2D eigenvalue weighted by molar-refractivity contribution is 5.84. The molecule has 1 aromatic rings. The summed E-state index contributed by atoms with van der Waals surface area (Å²) in [4.78, 5) is 8.08. The molecule has 1 atom stereocenters. The van der Waals surface area contributed by atoms with E-state index in [1.807, 2.05) is 23.1 Å². The molecule has 1 aromatic heterocycles. The average molecular weight is 333 g/mol. The molecule has 0 bridgehead atoms. The Morgan fingerprint density at radius 2 is 2.04 bits per heavy atom. The predicted octanol–water partition coefficient (Wildman–Crippen LogP) is 1.18. The summed E-state index contributed by atoms with van der Waals surface area (Å²) in [5, 5.41) is 12.2. The molecule has 24 heavy (non-hydrogen) atoms. The molecular formula is C17H27N5O2. The Hall–Kier alpha value is -1.60. The minimum absolute atomic E-state index is 0.0536. The second kappa shape index (κ2) is 7.11. The zero-order chi connectivity index (χ0) is 16.2. The molecule has 4 heterocycles. The van der Waals surface area contributed by atoms with Crippen LogP contribution < -0.4 is 5.32 Å². The Labute approximate surface area is 143 Å². The van der Waals surface area contributed by atoms with Crippen LogP contribution in [0.3, 0.4) is 0 Å². The first kappa shape index (κ1) is 15.9. The average Bonchev–Trinajstić information content (AvgIpc) is 3.19. The summed E-state index contributed by atoms with van der Waals surface area (Å²) in [7, 11) is 0. The van der Waals surface area contributed by atoms with E-state index in [-0.39, 0.29) is 11.6 Å². The van der Waals surface area contributed by atoms with Crippen molar-refractivity contribution in [1.82, 2.24) is 20.0 Å². The van der Waals surface area contributed by atoms with Gasteiger partial charge in [0.2, 0.25) is 0 Å². The highest BCUT2D eigenvalue weighted by atomic mass is 16.7. The maximum absolute atomic E-state index is 6.35. The third kappa shape index (κ3) is 3.15. The fourth-order valence-corrected chi connectivity index (χ4v) is 4.01. The van der Waals surface area contributed by atoms with Crippen molar-refractivity contribution in [2.24, 2.45) is 5.16 Å². The summed E-state index contributed by atoms with van der Waals surface area (Å²) in [6, 6.07) is 1.96. The molecule has 7 nitrogen and oxygen atoms in total. The smallest absolute Gasteiger partial charge is 0.254 e. The van der Waals surface area contributed by atoms with E-state index in [1.165, 1.54) is 32.4 Å². The van der Waals surface area contributed by atoms with Gasteiger partial charge in [-0.15, -0.1) is 0 Å². The summed E-state index contributed by atoms with van der Waals surface area (Å²) in [5.41, 5.74) is -0.324. The number of oxime groups is 1. The number of likely N-dealkylation sites (tertiary alicyclic amines) is 1. The van der Waals surface area contributed by atoms with Gasteiger partial charge in [0.05, 0.1) is 0 Å². The first-order valence-electron chi connectivity index (χ1n) is 9.17. The molecule has 0 aliphatic carbocycles. The predicted molar refractivity (Wildman–Crippen MR) is 90.9 cm³/mol. The molecule has 0 spiro atoms. The van der Waals surface area contributed by atoms with Crippen LogP contribution in [0.25, 0.3) is 0 Å². The topological polar surface area (TPSA) is 63.9 Å². The normalized spacial score (nSPS) is 27.8. The molecule has 4 rings (SSSR count). The van der Waals surface area contributed by atoms with Gasteiger partial charge < -0.3 is 14.9 Å². The molecule has 7 heteroatoms. The Morgan fingerprint density at radius 3 is 2.79 bits per heavy atom. The van der Waals surface area contributed by atoms with Crippen LogP contribution in [0.2, 0.25) is 0 Å². The highest BCUT2D eigenvalue weighted by Crippen LogP contribution is 2.31. The van der Waals surface area contributed by atoms with E-state index in [2.05, 4.69) is 20.5 Å². The molecule has 0 amide bonds. The Balaban J connectivity index is 1.49. The van der Waals surface area contributed by atoms with E-state index in [9.17, 15) is 0 Å². The maximum atomic E-state index is 6.35. The van der Waals surface area contributed by atoms with Gasteiger partial charge in [-0.2, -0.15) is 5.10 Å². The third-order valence-electron chi connectivity index (χ3n) is 5.37. The first-order chi connectivity index (χ1) is 11.9. The minimum Gasteiger partial charge on any atom is -0.468 e. The number of piperidine rings is 2. The number of nitrogens with one attached hydrogen (secondary N) is 1. The van der Waals surface area contributed by atoms with Crippen LogP contribution in [0.1, 0.15) is 32.1 Å². The van der Waals surface area contributed by atoms with Crippen LogP contribution in [-0.2, 0) is 15.1 Å². The van der Waals surface area contributed by atoms with Crippen LogP contribution in [-0.4, -0.2) is 66.0 Å². The van der Waals surface area contributed by atoms with E-state index < -0.39 is 0 Å². The van der Waals surface area contributed by atoms with Gasteiger partial charge >= 0.3 is 0 Å². The van der Waals surface area contributed by atoms with Crippen molar-refractivity contribution < 1.29 is 9.57 Å². The second-order valence-electron chi connectivity index (χ2n) is 7.03. The van der Waals surface area contributed by atoms with Crippen LogP contribution >= 0.6 is 0 Å². The Morgan fingerprint density at radius 1 is 1.21 bits per heavy atom. The molecule has 1 unspecified atom stereocenters. The van der Waals surface area contributed by atoms with E-state index in [0.29, 0.717) is 12.5 Å². The molecule has 0 radical (unpaired) electrons. The number of rotatable bonds is 4. The van der Waals surface area contributed by atoms with E-state index >= 15 is 0 Å². The zero-order valence-corrected chi connectivity index (χ0v) is 14.2. The summed E-state index contributed by atoms with van der Waals surface area (Å²) in [6.07, 6.45) is 9.62. The van der Waals surface area contributed by atoms with Gasteiger partial charge in [-0.05, 0) is 63.1 Å². The number of hydrogen-bond acceptors (Lipinski definition) is 6. The van der Waals surface area contributed by atoms with Crippen LogP contribution in [0.15, 0.2) is 23.6 Å². The van der Waals surface area contributed by atoms with Gasteiger partial charge in [0.25, 0.3) is 5.90 Å². The number of ether oxygens (including phenoxy) is 1. The summed E-state index contributed by atoms with van der Waals surface area (Å²) in [6.45, 7) is 5.65. The van der Waals surface area contributed by atoms with Crippen molar-refractivity contribution in [3.05, 3.63) is 18.5 Å². The van der Waals surface area contributed by atoms with Gasteiger partial charge in [-0.3, -0.25) is 9.58 Å². The van der Waals surface area contributed by atoms with E-state index in [1.54, 1.807) is 0 Å². The molecule has 3 aliphatic heterocycles. The molecule has 0 aromatic carbocycles. The van der Waals surface area contributed by atoms with Gasteiger partial charge in [-0.1, -0.05) is 6.42 Å². The molecule has 1 N–H and O–H groups in total. The minimum atomic E-state index is -0.324. The summed E-state index contributed by atoms with van der Waals surface area (Å²) < 4.78 is 8.35.